The Hall–Kier alpha value is -0.960. The van der Waals surface area contributed by atoms with Gasteiger partial charge in [-0.05, 0) is 86.5 Å². The first-order chi connectivity index (χ1) is 12.0. The molecule has 3 nitrogen and oxygen atoms in total. The summed E-state index contributed by atoms with van der Waals surface area (Å²) < 4.78 is 0. The van der Waals surface area contributed by atoms with Crippen molar-refractivity contribution in [2.24, 2.45) is 40.4 Å². The second-order valence-corrected chi connectivity index (χ2v) is 10.6. The molecule has 0 aromatic rings. The van der Waals surface area contributed by atoms with E-state index in [-0.39, 0.29) is 28.4 Å². The summed E-state index contributed by atoms with van der Waals surface area (Å²) in [7, 11) is 0. The van der Waals surface area contributed by atoms with Crippen LogP contribution in [0.15, 0.2) is 11.6 Å². The maximum absolute atomic E-state index is 12.3. The number of allylic oxidation sites excluding steroid dienone is 1. The molecule has 4 rings (SSSR count). The third-order valence-corrected chi connectivity index (χ3v) is 8.96. The van der Waals surface area contributed by atoms with Gasteiger partial charge in [-0.15, -0.1) is 0 Å². The second-order valence-electron chi connectivity index (χ2n) is 10.6. The van der Waals surface area contributed by atoms with E-state index in [1.54, 1.807) is 6.92 Å². The molecule has 0 unspecified atom stereocenters. The predicted molar refractivity (Wildman–Crippen MR) is 101 cm³/mol. The molecule has 0 spiro atoms. The fourth-order valence-electron chi connectivity index (χ4n) is 8.44. The number of rotatable bonds is 1. The molecule has 0 aromatic heterocycles. The fourth-order valence-corrected chi connectivity index (χ4v) is 8.44. The first-order valence-corrected chi connectivity index (χ1v) is 10.5. The van der Waals surface area contributed by atoms with Crippen LogP contribution in [0.5, 0.6) is 0 Å². The molecule has 8 atom stereocenters. The van der Waals surface area contributed by atoms with E-state index in [1.165, 1.54) is 5.57 Å². The van der Waals surface area contributed by atoms with Crippen molar-refractivity contribution in [2.75, 3.05) is 0 Å². The standard InChI is InChI=1S/C23H34O3/c1-13-10-16-18-7-6-17(14(2)24)22(18,4)12-23(5,26)20(16)21(3)9-8-15(25)11-19(13)21/h11,13,16-18,20,26H,6-10,12H2,1-5H3/t13-,16+,17-,18+,20+,21+,22-,23-/m1/s1. The maximum atomic E-state index is 12.3. The van der Waals surface area contributed by atoms with Crippen LogP contribution in [0.4, 0.5) is 0 Å². The Morgan fingerprint density at radius 1 is 1.23 bits per heavy atom. The lowest BCUT2D eigenvalue weighted by Crippen LogP contribution is -2.62. The molecular weight excluding hydrogens is 324 g/mol. The maximum Gasteiger partial charge on any atom is 0.155 e. The van der Waals surface area contributed by atoms with Gasteiger partial charge < -0.3 is 5.11 Å². The Morgan fingerprint density at radius 2 is 1.92 bits per heavy atom. The first kappa shape index (κ1) is 18.4. The number of fused-ring (bicyclic) bond motifs is 5. The minimum Gasteiger partial charge on any atom is -0.390 e. The highest BCUT2D eigenvalue weighted by atomic mass is 16.3. The van der Waals surface area contributed by atoms with Gasteiger partial charge in [-0.3, -0.25) is 9.59 Å². The molecule has 4 aliphatic carbocycles. The highest BCUT2D eigenvalue weighted by Gasteiger charge is 2.66. The molecule has 4 aliphatic rings. The summed E-state index contributed by atoms with van der Waals surface area (Å²) in [4.78, 5) is 24.4. The van der Waals surface area contributed by atoms with Crippen molar-refractivity contribution in [2.45, 2.75) is 78.7 Å². The summed E-state index contributed by atoms with van der Waals surface area (Å²) in [6, 6.07) is 0. The van der Waals surface area contributed by atoms with Crippen LogP contribution >= 0.6 is 0 Å². The van der Waals surface area contributed by atoms with Crippen molar-refractivity contribution in [1.82, 2.24) is 0 Å². The molecule has 0 radical (unpaired) electrons. The van der Waals surface area contributed by atoms with Crippen molar-refractivity contribution >= 4 is 11.6 Å². The van der Waals surface area contributed by atoms with E-state index >= 15 is 0 Å². The quantitative estimate of drug-likeness (QED) is 0.759. The summed E-state index contributed by atoms with van der Waals surface area (Å²) in [5.74, 6) is 2.17. The van der Waals surface area contributed by atoms with Crippen LogP contribution in [-0.4, -0.2) is 22.3 Å². The van der Waals surface area contributed by atoms with Crippen LogP contribution in [0.25, 0.3) is 0 Å². The summed E-state index contributed by atoms with van der Waals surface area (Å²) in [6.45, 7) is 10.6. The summed E-state index contributed by atoms with van der Waals surface area (Å²) in [6.07, 6.45) is 7.20. The van der Waals surface area contributed by atoms with Gasteiger partial charge in [0.1, 0.15) is 5.78 Å². The van der Waals surface area contributed by atoms with Crippen LogP contribution < -0.4 is 0 Å². The third kappa shape index (κ3) is 2.28. The number of Topliss-reactive ketones (excluding diaryl/α,β-unsaturated/α-hetero) is 1. The van der Waals surface area contributed by atoms with E-state index < -0.39 is 5.60 Å². The van der Waals surface area contributed by atoms with E-state index in [0.717, 1.165) is 25.7 Å². The van der Waals surface area contributed by atoms with Gasteiger partial charge in [0, 0.05) is 12.3 Å². The van der Waals surface area contributed by atoms with Gasteiger partial charge in [0.2, 0.25) is 0 Å². The Bertz CT molecular complexity index is 690. The lowest BCUT2D eigenvalue weighted by atomic mass is 9.41. The lowest BCUT2D eigenvalue weighted by molar-refractivity contribution is -0.188. The van der Waals surface area contributed by atoms with E-state index in [2.05, 4.69) is 20.8 Å². The normalized spacial score (nSPS) is 53.4. The number of carbonyl (C=O) groups is 2. The summed E-state index contributed by atoms with van der Waals surface area (Å²) >= 11 is 0. The van der Waals surface area contributed by atoms with Crippen molar-refractivity contribution < 1.29 is 14.7 Å². The van der Waals surface area contributed by atoms with Gasteiger partial charge >= 0.3 is 0 Å². The second kappa shape index (κ2) is 5.53. The number of hydrogen-bond acceptors (Lipinski definition) is 3. The van der Waals surface area contributed by atoms with Crippen molar-refractivity contribution in [3.8, 4) is 0 Å². The topological polar surface area (TPSA) is 54.4 Å². The average molecular weight is 359 g/mol. The molecule has 3 heteroatoms. The van der Waals surface area contributed by atoms with Gasteiger partial charge in [0.15, 0.2) is 5.78 Å². The molecule has 0 heterocycles. The smallest absolute Gasteiger partial charge is 0.155 e. The number of aliphatic hydroxyl groups is 1. The molecule has 144 valence electrons. The Balaban J connectivity index is 1.82. The van der Waals surface area contributed by atoms with Gasteiger partial charge in [-0.25, -0.2) is 0 Å². The van der Waals surface area contributed by atoms with E-state index in [1.807, 2.05) is 13.0 Å². The predicted octanol–water partition coefficient (Wildman–Crippen LogP) is 4.33. The Labute approximate surface area is 157 Å². The molecule has 0 aliphatic heterocycles. The van der Waals surface area contributed by atoms with Crippen LogP contribution in [0, 0.1) is 40.4 Å². The van der Waals surface area contributed by atoms with Crippen LogP contribution in [0.3, 0.4) is 0 Å². The molecule has 0 bridgehead atoms. The zero-order valence-corrected chi connectivity index (χ0v) is 17.0. The third-order valence-electron chi connectivity index (χ3n) is 8.96. The van der Waals surface area contributed by atoms with Gasteiger partial charge in [0.25, 0.3) is 0 Å². The molecule has 1 N–H and O–H groups in total. The molecule has 3 fully saturated rings. The number of carbonyl (C=O) groups excluding carboxylic acids is 2. The zero-order valence-electron chi connectivity index (χ0n) is 17.0. The molecule has 26 heavy (non-hydrogen) atoms. The molecular formula is C23H34O3. The minimum absolute atomic E-state index is 0.0850. The van der Waals surface area contributed by atoms with Crippen molar-refractivity contribution in [3.05, 3.63) is 11.6 Å². The highest BCUT2D eigenvalue weighted by Crippen LogP contribution is 2.69. The SMILES string of the molecule is CC(=O)[C@H]1CC[C@H]2[C@@H]3C[C@@H](C)C4=CC(=O)CC[C@]4(C)[C@H]3[C@](C)(O)C[C@]12C. The summed E-state index contributed by atoms with van der Waals surface area (Å²) in [5.41, 5.74) is 0.315. The highest BCUT2D eigenvalue weighted by molar-refractivity contribution is 5.91. The monoisotopic (exact) mass is 358 g/mol. The Morgan fingerprint density at radius 3 is 2.58 bits per heavy atom. The molecule has 0 saturated heterocycles. The fraction of sp³-hybridized carbons (Fsp3) is 0.826. The molecule has 0 aromatic carbocycles. The number of hydrogen-bond donors (Lipinski definition) is 1. The molecule has 3 saturated carbocycles. The van der Waals surface area contributed by atoms with Crippen molar-refractivity contribution in [1.29, 1.82) is 0 Å². The summed E-state index contributed by atoms with van der Waals surface area (Å²) in [5, 5.41) is 11.7. The van der Waals surface area contributed by atoms with Crippen molar-refractivity contribution in [3.63, 3.8) is 0 Å². The zero-order chi connectivity index (χ0) is 19.1. The average Bonchev–Trinajstić information content (AvgIpc) is 2.84. The van der Waals surface area contributed by atoms with E-state index in [9.17, 15) is 14.7 Å². The first-order valence-electron chi connectivity index (χ1n) is 10.5. The minimum atomic E-state index is -0.789. The van der Waals surface area contributed by atoms with Crippen LogP contribution in [-0.2, 0) is 9.59 Å². The number of ketones is 2. The van der Waals surface area contributed by atoms with Gasteiger partial charge in [-0.2, -0.15) is 0 Å². The van der Waals surface area contributed by atoms with E-state index in [0.29, 0.717) is 36.4 Å². The molecule has 0 amide bonds. The Kier molecular flexibility index (Phi) is 3.91. The van der Waals surface area contributed by atoms with E-state index in [4.69, 9.17) is 0 Å². The van der Waals surface area contributed by atoms with Crippen LogP contribution in [0.1, 0.15) is 73.1 Å². The van der Waals surface area contributed by atoms with Gasteiger partial charge in [-0.1, -0.05) is 26.3 Å². The van der Waals surface area contributed by atoms with Crippen LogP contribution in [0.2, 0.25) is 0 Å². The lowest BCUT2D eigenvalue weighted by Gasteiger charge is -2.64. The van der Waals surface area contributed by atoms with Gasteiger partial charge in [0.05, 0.1) is 5.60 Å². The largest absolute Gasteiger partial charge is 0.390 e.